The summed E-state index contributed by atoms with van der Waals surface area (Å²) in [5.74, 6) is -0.584. The second-order valence-electron chi connectivity index (χ2n) is 5.17. The van der Waals surface area contributed by atoms with E-state index in [4.69, 9.17) is 10.8 Å². The van der Waals surface area contributed by atoms with Gasteiger partial charge in [-0.15, -0.1) is 0 Å². The summed E-state index contributed by atoms with van der Waals surface area (Å²) in [5, 5.41) is 8.56. The quantitative estimate of drug-likeness (QED) is 0.675. The molecule has 6 nitrogen and oxygen atoms in total. The van der Waals surface area contributed by atoms with Gasteiger partial charge in [-0.3, -0.25) is 9.59 Å². The molecule has 0 aromatic heterocycles. The largest absolute Gasteiger partial charge is 0.481 e. The van der Waals surface area contributed by atoms with E-state index >= 15 is 0 Å². The van der Waals surface area contributed by atoms with Crippen LogP contribution in [0, 0.1) is 5.92 Å². The van der Waals surface area contributed by atoms with Gasteiger partial charge in [0.25, 0.3) is 0 Å². The second kappa shape index (κ2) is 6.70. The summed E-state index contributed by atoms with van der Waals surface area (Å²) in [6.45, 7) is 2.77. The molecule has 0 spiro atoms. The van der Waals surface area contributed by atoms with Crippen LogP contribution in [0.25, 0.3) is 0 Å². The zero-order chi connectivity index (χ0) is 13.7. The first-order valence-corrected chi connectivity index (χ1v) is 6.31. The smallest absolute Gasteiger partial charge is 0.303 e. The lowest BCUT2D eigenvalue weighted by atomic mass is 10.1. The van der Waals surface area contributed by atoms with E-state index in [-0.39, 0.29) is 18.7 Å². The number of nitrogens with zero attached hydrogens (tertiary/aromatic N) is 2. The van der Waals surface area contributed by atoms with Crippen molar-refractivity contribution >= 4 is 11.9 Å². The van der Waals surface area contributed by atoms with Crippen molar-refractivity contribution in [2.24, 2.45) is 11.7 Å². The van der Waals surface area contributed by atoms with Gasteiger partial charge in [-0.1, -0.05) is 0 Å². The van der Waals surface area contributed by atoms with E-state index in [1.807, 2.05) is 0 Å². The minimum atomic E-state index is -0.918. The highest BCUT2D eigenvalue weighted by Gasteiger charge is 2.25. The number of carbonyl (C=O) groups excluding carboxylic acids is 1. The number of rotatable bonds is 6. The Labute approximate surface area is 108 Å². The summed E-state index contributed by atoms with van der Waals surface area (Å²) in [4.78, 5) is 26.2. The molecule has 6 heteroatoms. The minimum Gasteiger partial charge on any atom is -0.481 e. The van der Waals surface area contributed by atoms with Crippen molar-refractivity contribution in [3.63, 3.8) is 0 Å². The SMILES string of the molecule is CN1CCC(CN(C)C(=O)C(N)CCC(=O)O)C1. The number of amides is 1. The first kappa shape index (κ1) is 14.9. The summed E-state index contributed by atoms with van der Waals surface area (Å²) in [6, 6.07) is -0.703. The molecule has 1 saturated heterocycles. The summed E-state index contributed by atoms with van der Waals surface area (Å²) in [6.07, 6.45) is 1.23. The van der Waals surface area contributed by atoms with Crippen molar-refractivity contribution in [1.29, 1.82) is 0 Å². The number of aliphatic carboxylic acids is 1. The first-order chi connectivity index (χ1) is 8.40. The molecule has 104 valence electrons. The molecular formula is C12H23N3O3. The van der Waals surface area contributed by atoms with Gasteiger partial charge >= 0.3 is 5.97 Å². The van der Waals surface area contributed by atoms with E-state index in [2.05, 4.69) is 11.9 Å². The van der Waals surface area contributed by atoms with Gasteiger partial charge in [-0.05, 0) is 32.4 Å². The molecule has 18 heavy (non-hydrogen) atoms. The molecule has 0 saturated carbocycles. The Morgan fingerprint density at radius 2 is 2.22 bits per heavy atom. The number of hydrogen-bond donors (Lipinski definition) is 2. The topological polar surface area (TPSA) is 86.9 Å². The average molecular weight is 257 g/mol. The summed E-state index contributed by atoms with van der Waals surface area (Å²) >= 11 is 0. The molecule has 3 N–H and O–H groups in total. The van der Waals surface area contributed by atoms with Gasteiger partial charge < -0.3 is 20.6 Å². The van der Waals surface area contributed by atoms with Crippen molar-refractivity contribution in [3.05, 3.63) is 0 Å². The molecule has 1 amide bonds. The lowest BCUT2D eigenvalue weighted by Gasteiger charge is -2.24. The van der Waals surface area contributed by atoms with Crippen LogP contribution in [0.4, 0.5) is 0 Å². The molecule has 2 unspecified atom stereocenters. The fraction of sp³-hybridized carbons (Fsp3) is 0.833. The van der Waals surface area contributed by atoms with Crippen molar-refractivity contribution in [2.45, 2.75) is 25.3 Å². The van der Waals surface area contributed by atoms with E-state index in [0.717, 1.165) is 19.5 Å². The van der Waals surface area contributed by atoms with Gasteiger partial charge in [-0.25, -0.2) is 0 Å². The van der Waals surface area contributed by atoms with E-state index < -0.39 is 12.0 Å². The zero-order valence-electron chi connectivity index (χ0n) is 11.1. The maximum absolute atomic E-state index is 11.9. The fourth-order valence-corrected chi connectivity index (χ4v) is 2.34. The molecule has 1 rings (SSSR count). The average Bonchev–Trinajstić information content (AvgIpc) is 2.70. The lowest BCUT2D eigenvalue weighted by Crippen LogP contribution is -2.44. The Bertz CT molecular complexity index is 309. The van der Waals surface area contributed by atoms with E-state index in [0.29, 0.717) is 12.5 Å². The van der Waals surface area contributed by atoms with Gasteiger partial charge in [0.05, 0.1) is 6.04 Å². The molecule has 1 fully saturated rings. The number of carboxylic acid groups (broad SMARTS) is 1. The summed E-state index contributed by atoms with van der Waals surface area (Å²) < 4.78 is 0. The third kappa shape index (κ3) is 4.62. The first-order valence-electron chi connectivity index (χ1n) is 6.31. The molecule has 1 aliphatic rings. The Balaban J connectivity index is 2.33. The van der Waals surface area contributed by atoms with Crippen LogP contribution < -0.4 is 5.73 Å². The predicted molar refractivity (Wildman–Crippen MR) is 68.1 cm³/mol. The van der Waals surface area contributed by atoms with Gasteiger partial charge in [0.15, 0.2) is 0 Å². The maximum Gasteiger partial charge on any atom is 0.303 e. The fourth-order valence-electron chi connectivity index (χ4n) is 2.34. The van der Waals surface area contributed by atoms with E-state index in [9.17, 15) is 9.59 Å². The van der Waals surface area contributed by atoms with Crippen LogP contribution in [-0.2, 0) is 9.59 Å². The van der Waals surface area contributed by atoms with Gasteiger partial charge in [0, 0.05) is 26.6 Å². The van der Waals surface area contributed by atoms with Crippen LogP contribution >= 0.6 is 0 Å². The highest BCUT2D eigenvalue weighted by atomic mass is 16.4. The molecule has 0 bridgehead atoms. The summed E-state index contributed by atoms with van der Waals surface area (Å²) in [7, 11) is 3.81. The molecular weight excluding hydrogens is 234 g/mol. The van der Waals surface area contributed by atoms with Crippen LogP contribution in [0.3, 0.4) is 0 Å². The van der Waals surface area contributed by atoms with Crippen LogP contribution in [0.1, 0.15) is 19.3 Å². The van der Waals surface area contributed by atoms with Gasteiger partial charge in [-0.2, -0.15) is 0 Å². The van der Waals surface area contributed by atoms with Crippen molar-refractivity contribution < 1.29 is 14.7 Å². The molecule has 0 aromatic rings. The standard InChI is InChI=1S/C12H23N3O3/c1-14-6-5-9(7-14)8-15(2)12(18)10(13)3-4-11(16)17/h9-10H,3-8,13H2,1-2H3,(H,16,17). The van der Waals surface area contributed by atoms with Crippen LogP contribution in [0.5, 0.6) is 0 Å². The molecule has 2 atom stereocenters. The third-order valence-corrected chi connectivity index (χ3v) is 3.38. The number of carboxylic acids is 1. The van der Waals surface area contributed by atoms with Gasteiger partial charge in [0.2, 0.25) is 5.91 Å². The Morgan fingerprint density at radius 1 is 1.56 bits per heavy atom. The van der Waals surface area contributed by atoms with E-state index in [1.165, 1.54) is 0 Å². The predicted octanol–water partition coefficient (Wildman–Crippen LogP) is -0.411. The maximum atomic E-state index is 11.9. The zero-order valence-corrected chi connectivity index (χ0v) is 11.1. The number of hydrogen-bond acceptors (Lipinski definition) is 4. The molecule has 0 aromatic carbocycles. The van der Waals surface area contributed by atoms with Crippen molar-refractivity contribution in [2.75, 3.05) is 33.7 Å². The molecule has 1 aliphatic heterocycles. The Hall–Kier alpha value is -1.14. The highest BCUT2D eigenvalue weighted by Crippen LogP contribution is 2.15. The molecule has 0 radical (unpaired) electrons. The monoisotopic (exact) mass is 257 g/mol. The van der Waals surface area contributed by atoms with Crippen LogP contribution in [0.15, 0.2) is 0 Å². The highest BCUT2D eigenvalue weighted by molar-refractivity contribution is 5.82. The third-order valence-electron chi connectivity index (χ3n) is 3.38. The minimum absolute atomic E-state index is 0.0626. The summed E-state index contributed by atoms with van der Waals surface area (Å²) in [5.41, 5.74) is 5.70. The Kier molecular flexibility index (Phi) is 5.55. The lowest BCUT2D eigenvalue weighted by molar-refractivity contribution is -0.137. The van der Waals surface area contributed by atoms with E-state index in [1.54, 1.807) is 11.9 Å². The molecule has 0 aliphatic carbocycles. The second-order valence-corrected chi connectivity index (χ2v) is 5.17. The van der Waals surface area contributed by atoms with Crippen molar-refractivity contribution in [1.82, 2.24) is 9.80 Å². The normalized spacial score (nSPS) is 21.8. The number of likely N-dealkylation sites (N-methyl/N-ethyl adjacent to an activating group) is 1. The number of nitrogens with two attached hydrogens (primary N) is 1. The number of carbonyl (C=O) groups is 2. The van der Waals surface area contributed by atoms with Crippen LogP contribution in [0.2, 0.25) is 0 Å². The number of likely N-dealkylation sites (tertiary alicyclic amines) is 1. The van der Waals surface area contributed by atoms with Crippen molar-refractivity contribution in [3.8, 4) is 0 Å². The van der Waals surface area contributed by atoms with Gasteiger partial charge in [0.1, 0.15) is 0 Å². The van der Waals surface area contributed by atoms with Crippen LogP contribution in [-0.4, -0.2) is 66.6 Å². The molecule has 1 heterocycles. The Morgan fingerprint density at radius 3 is 2.72 bits per heavy atom.